The maximum absolute atomic E-state index is 13.8. The molecule has 0 aliphatic carbocycles. The Bertz CT molecular complexity index is 706. The largest absolute Gasteiger partial charge is 0.491 e. The van der Waals surface area contributed by atoms with E-state index in [0.717, 1.165) is 0 Å². The zero-order valence-corrected chi connectivity index (χ0v) is 12.6. The first-order chi connectivity index (χ1) is 11.0. The van der Waals surface area contributed by atoms with Gasteiger partial charge in [-0.1, -0.05) is 6.07 Å². The van der Waals surface area contributed by atoms with E-state index in [1.807, 2.05) is 0 Å². The lowest BCUT2D eigenvalue weighted by Gasteiger charge is -2.10. The number of rotatable bonds is 7. The molecule has 0 aliphatic heterocycles. The van der Waals surface area contributed by atoms with Gasteiger partial charge in [-0.25, -0.2) is 4.39 Å². The van der Waals surface area contributed by atoms with Crippen LogP contribution in [0.2, 0.25) is 0 Å². The van der Waals surface area contributed by atoms with Gasteiger partial charge in [0.15, 0.2) is 11.6 Å². The van der Waals surface area contributed by atoms with Crippen molar-refractivity contribution in [2.75, 3.05) is 11.9 Å². The summed E-state index contributed by atoms with van der Waals surface area (Å²) in [6.07, 6.45) is 0. The zero-order valence-electron chi connectivity index (χ0n) is 12.6. The third kappa shape index (κ3) is 4.17. The van der Waals surface area contributed by atoms with E-state index < -0.39 is 10.7 Å². The van der Waals surface area contributed by atoms with E-state index in [-0.39, 0.29) is 30.3 Å². The van der Waals surface area contributed by atoms with Crippen LogP contribution in [-0.2, 0) is 13.2 Å². The fourth-order valence-electron chi connectivity index (χ4n) is 2.11. The smallest absolute Gasteiger partial charge is 0.292 e. The molecule has 122 valence electrons. The summed E-state index contributed by atoms with van der Waals surface area (Å²) in [7, 11) is 0. The molecule has 0 atom stereocenters. The Kier molecular flexibility index (Phi) is 5.48. The zero-order chi connectivity index (χ0) is 16.8. The van der Waals surface area contributed by atoms with Crippen LogP contribution in [0, 0.1) is 15.9 Å². The summed E-state index contributed by atoms with van der Waals surface area (Å²) in [6, 6.07) is 8.84. The van der Waals surface area contributed by atoms with Crippen molar-refractivity contribution in [2.45, 2.75) is 20.1 Å². The van der Waals surface area contributed by atoms with Crippen molar-refractivity contribution in [3.05, 3.63) is 63.5 Å². The van der Waals surface area contributed by atoms with Crippen molar-refractivity contribution in [3.63, 3.8) is 0 Å². The van der Waals surface area contributed by atoms with E-state index in [4.69, 9.17) is 9.84 Å². The number of nitro groups is 1. The van der Waals surface area contributed by atoms with E-state index in [9.17, 15) is 14.5 Å². The monoisotopic (exact) mass is 320 g/mol. The number of benzene rings is 2. The van der Waals surface area contributed by atoms with Crippen molar-refractivity contribution >= 4 is 11.4 Å². The number of halogens is 1. The second kappa shape index (κ2) is 7.55. The van der Waals surface area contributed by atoms with Gasteiger partial charge in [-0.05, 0) is 42.3 Å². The summed E-state index contributed by atoms with van der Waals surface area (Å²) < 4.78 is 18.9. The van der Waals surface area contributed by atoms with Crippen LogP contribution in [0.1, 0.15) is 18.1 Å². The molecular formula is C16H17FN2O4. The van der Waals surface area contributed by atoms with E-state index in [1.165, 1.54) is 30.3 Å². The Morgan fingerprint density at radius 1 is 1.26 bits per heavy atom. The average Bonchev–Trinajstić information content (AvgIpc) is 2.54. The number of aliphatic hydroxyl groups is 1. The molecular weight excluding hydrogens is 303 g/mol. The first-order valence-electron chi connectivity index (χ1n) is 7.08. The SMILES string of the molecule is CCOc1ccc(CNc2cc(CO)ccc2[N+](=O)[O-])cc1F. The molecule has 2 aromatic carbocycles. The number of nitro benzene ring substituents is 1. The molecule has 0 amide bonds. The van der Waals surface area contributed by atoms with Gasteiger partial charge in [0.2, 0.25) is 0 Å². The Morgan fingerprint density at radius 2 is 2.00 bits per heavy atom. The summed E-state index contributed by atoms with van der Waals surface area (Å²) in [5.74, 6) is -0.311. The number of aliphatic hydroxyl groups excluding tert-OH is 1. The molecule has 0 unspecified atom stereocenters. The number of nitrogens with zero attached hydrogens (tertiary/aromatic N) is 1. The second-order valence-corrected chi connectivity index (χ2v) is 4.82. The Labute approximate surface area is 132 Å². The molecule has 7 heteroatoms. The third-order valence-electron chi connectivity index (χ3n) is 3.22. The second-order valence-electron chi connectivity index (χ2n) is 4.82. The first kappa shape index (κ1) is 16.7. The highest BCUT2D eigenvalue weighted by atomic mass is 19.1. The first-order valence-corrected chi connectivity index (χ1v) is 7.08. The van der Waals surface area contributed by atoms with Gasteiger partial charge in [0.25, 0.3) is 5.69 Å². The van der Waals surface area contributed by atoms with Gasteiger partial charge >= 0.3 is 0 Å². The highest BCUT2D eigenvalue weighted by Crippen LogP contribution is 2.26. The van der Waals surface area contributed by atoms with Gasteiger partial charge in [0, 0.05) is 12.6 Å². The van der Waals surface area contributed by atoms with Crippen LogP contribution >= 0.6 is 0 Å². The fraction of sp³-hybridized carbons (Fsp3) is 0.250. The van der Waals surface area contributed by atoms with Crippen LogP contribution in [0.4, 0.5) is 15.8 Å². The highest BCUT2D eigenvalue weighted by molar-refractivity contribution is 5.62. The maximum Gasteiger partial charge on any atom is 0.292 e. The quantitative estimate of drug-likeness (QED) is 0.604. The lowest BCUT2D eigenvalue weighted by molar-refractivity contribution is -0.384. The molecule has 0 saturated heterocycles. The lowest BCUT2D eigenvalue weighted by atomic mass is 10.1. The predicted octanol–water partition coefficient (Wildman–Crippen LogP) is 3.24. The molecule has 23 heavy (non-hydrogen) atoms. The van der Waals surface area contributed by atoms with Crippen LogP contribution in [0.5, 0.6) is 5.75 Å². The van der Waals surface area contributed by atoms with Crippen molar-refractivity contribution in [2.24, 2.45) is 0 Å². The molecule has 0 saturated carbocycles. The molecule has 0 spiro atoms. The van der Waals surface area contributed by atoms with Crippen LogP contribution < -0.4 is 10.1 Å². The van der Waals surface area contributed by atoms with Crippen LogP contribution in [-0.4, -0.2) is 16.6 Å². The van der Waals surface area contributed by atoms with Crippen molar-refractivity contribution in [1.82, 2.24) is 0 Å². The molecule has 0 aliphatic rings. The summed E-state index contributed by atoms with van der Waals surface area (Å²) >= 11 is 0. The van der Waals surface area contributed by atoms with Gasteiger partial charge in [-0.2, -0.15) is 0 Å². The average molecular weight is 320 g/mol. The summed E-state index contributed by atoms with van der Waals surface area (Å²) in [4.78, 5) is 10.5. The van der Waals surface area contributed by atoms with Gasteiger partial charge in [0.05, 0.1) is 18.1 Å². The minimum Gasteiger partial charge on any atom is -0.491 e. The number of hydrogen-bond acceptors (Lipinski definition) is 5. The molecule has 0 radical (unpaired) electrons. The van der Waals surface area contributed by atoms with Gasteiger partial charge in [0.1, 0.15) is 5.69 Å². The van der Waals surface area contributed by atoms with E-state index in [0.29, 0.717) is 17.7 Å². The fourth-order valence-corrected chi connectivity index (χ4v) is 2.11. The topological polar surface area (TPSA) is 84.6 Å². The number of hydrogen-bond donors (Lipinski definition) is 2. The lowest BCUT2D eigenvalue weighted by Crippen LogP contribution is -2.04. The minimum absolute atomic E-state index is 0.103. The number of ether oxygens (including phenoxy) is 1. The molecule has 0 bridgehead atoms. The third-order valence-corrected chi connectivity index (χ3v) is 3.22. The van der Waals surface area contributed by atoms with Gasteiger partial charge < -0.3 is 15.2 Å². The molecule has 0 aromatic heterocycles. The Balaban J connectivity index is 2.17. The van der Waals surface area contributed by atoms with E-state index >= 15 is 0 Å². The van der Waals surface area contributed by atoms with Gasteiger partial charge in [-0.15, -0.1) is 0 Å². The number of nitrogens with one attached hydrogen (secondary N) is 1. The summed E-state index contributed by atoms with van der Waals surface area (Å²) in [6.45, 7) is 2.13. The van der Waals surface area contributed by atoms with Gasteiger partial charge in [-0.3, -0.25) is 10.1 Å². The van der Waals surface area contributed by atoms with Crippen molar-refractivity contribution < 1.29 is 19.2 Å². The van der Waals surface area contributed by atoms with Crippen molar-refractivity contribution in [1.29, 1.82) is 0 Å². The van der Waals surface area contributed by atoms with Crippen LogP contribution in [0.25, 0.3) is 0 Å². The predicted molar refractivity (Wildman–Crippen MR) is 83.9 cm³/mol. The van der Waals surface area contributed by atoms with E-state index in [1.54, 1.807) is 13.0 Å². The van der Waals surface area contributed by atoms with Crippen molar-refractivity contribution in [3.8, 4) is 5.75 Å². The summed E-state index contributed by atoms with van der Waals surface area (Å²) in [5.41, 5.74) is 1.34. The molecule has 0 fully saturated rings. The molecule has 6 nitrogen and oxygen atoms in total. The molecule has 2 N–H and O–H groups in total. The summed E-state index contributed by atoms with van der Waals surface area (Å²) in [5, 5.41) is 23.1. The Morgan fingerprint density at radius 3 is 2.61 bits per heavy atom. The minimum atomic E-state index is -0.512. The molecule has 2 aromatic rings. The normalized spacial score (nSPS) is 10.4. The van der Waals surface area contributed by atoms with E-state index in [2.05, 4.69) is 5.32 Å². The highest BCUT2D eigenvalue weighted by Gasteiger charge is 2.14. The maximum atomic E-state index is 13.8. The number of anilines is 1. The van der Waals surface area contributed by atoms with Crippen LogP contribution in [0.15, 0.2) is 36.4 Å². The van der Waals surface area contributed by atoms with Crippen LogP contribution in [0.3, 0.4) is 0 Å². The molecule has 2 rings (SSSR count). The Hall–Kier alpha value is -2.67. The standard InChI is InChI=1S/C16H17FN2O4/c1-2-23-16-6-4-11(7-13(16)17)9-18-14-8-12(10-20)3-5-15(14)19(21)22/h3-8,18,20H,2,9-10H2,1H3. The molecule has 0 heterocycles.